The van der Waals surface area contributed by atoms with Gasteiger partial charge in [0.2, 0.25) is 0 Å². The van der Waals surface area contributed by atoms with Gasteiger partial charge < -0.3 is 9.52 Å². The molecule has 17 heavy (non-hydrogen) atoms. The van der Waals surface area contributed by atoms with Crippen molar-refractivity contribution >= 4 is 11.0 Å². The Bertz CT molecular complexity index is 571. The average molecular weight is 234 g/mol. The number of hydrogen-bond acceptors (Lipinski definition) is 2. The molecule has 1 aliphatic carbocycles. The summed E-state index contributed by atoms with van der Waals surface area (Å²) in [4.78, 5) is 0. The Kier molecular flexibility index (Phi) is 2.11. The number of fused-ring (bicyclic) bond motifs is 1. The first-order valence-electron chi connectivity index (χ1n) is 5.84. The zero-order chi connectivity index (χ0) is 12.2. The highest BCUT2D eigenvalue weighted by Crippen LogP contribution is 2.58. The van der Waals surface area contributed by atoms with E-state index >= 15 is 0 Å². The third-order valence-electron chi connectivity index (χ3n) is 3.76. The fourth-order valence-corrected chi connectivity index (χ4v) is 2.43. The van der Waals surface area contributed by atoms with Gasteiger partial charge in [-0.05, 0) is 42.0 Å². The summed E-state index contributed by atoms with van der Waals surface area (Å²) in [6.45, 7) is 4.26. The van der Waals surface area contributed by atoms with Crippen LogP contribution in [0.4, 0.5) is 4.39 Å². The normalized spacial score (nSPS) is 23.9. The van der Waals surface area contributed by atoms with Crippen LogP contribution in [-0.4, -0.2) is 5.11 Å². The van der Waals surface area contributed by atoms with Crippen LogP contribution in [0, 0.1) is 17.2 Å². The second-order valence-corrected chi connectivity index (χ2v) is 5.57. The molecule has 2 nitrogen and oxygen atoms in total. The molecule has 1 N–H and O–H groups in total. The zero-order valence-corrected chi connectivity index (χ0v) is 9.90. The molecule has 2 atom stereocenters. The summed E-state index contributed by atoms with van der Waals surface area (Å²) in [5.74, 6) is 0.500. The summed E-state index contributed by atoms with van der Waals surface area (Å²) in [5, 5.41) is 10.9. The lowest BCUT2D eigenvalue weighted by atomic mass is 10.0. The van der Waals surface area contributed by atoms with Crippen molar-refractivity contribution in [3.63, 3.8) is 0 Å². The molecule has 0 radical (unpaired) electrons. The largest absolute Gasteiger partial charge is 0.458 e. The van der Waals surface area contributed by atoms with Crippen molar-refractivity contribution in [1.29, 1.82) is 0 Å². The summed E-state index contributed by atoms with van der Waals surface area (Å²) in [5.41, 5.74) is 0.808. The number of furan rings is 1. The molecule has 1 fully saturated rings. The molecule has 0 amide bonds. The van der Waals surface area contributed by atoms with Gasteiger partial charge in [0.25, 0.3) is 0 Å². The van der Waals surface area contributed by atoms with E-state index in [9.17, 15) is 9.50 Å². The number of hydrogen-bond donors (Lipinski definition) is 1. The van der Waals surface area contributed by atoms with Crippen LogP contribution in [0.1, 0.15) is 32.1 Å². The lowest BCUT2D eigenvalue weighted by Gasteiger charge is -2.08. The van der Waals surface area contributed by atoms with Gasteiger partial charge in [-0.25, -0.2) is 4.39 Å². The highest BCUT2D eigenvalue weighted by atomic mass is 19.1. The van der Waals surface area contributed by atoms with E-state index in [4.69, 9.17) is 4.42 Å². The third-order valence-corrected chi connectivity index (χ3v) is 3.76. The quantitative estimate of drug-likeness (QED) is 0.860. The first-order chi connectivity index (χ1) is 7.97. The molecule has 3 heteroatoms. The molecule has 0 spiro atoms. The summed E-state index contributed by atoms with van der Waals surface area (Å²) < 4.78 is 18.6. The maximum Gasteiger partial charge on any atom is 0.134 e. The Labute approximate surface area is 99.1 Å². The van der Waals surface area contributed by atoms with E-state index in [0.29, 0.717) is 16.7 Å². The molecular formula is C14H15FO2. The minimum absolute atomic E-state index is 0.184. The second-order valence-electron chi connectivity index (χ2n) is 5.57. The Morgan fingerprint density at radius 1 is 1.41 bits per heavy atom. The van der Waals surface area contributed by atoms with Gasteiger partial charge in [0.1, 0.15) is 23.3 Å². The molecule has 1 saturated carbocycles. The van der Waals surface area contributed by atoms with Crippen LogP contribution in [0.3, 0.4) is 0 Å². The van der Waals surface area contributed by atoms with Crippen LogP contribution in [-0.2, 0) is 0 Å². The van der Waals surface area contributed by atoms with E-state index in [-0.39, 0.29) is 17.2 Å². The van der Waals surface area contributed by atoms with E-state index in [1.807, 2.05) is 0 Å². The number of aliphatic hydroxyl groups is 1. The summed E-state index contributed by atoms with van der Waals surface area (Å²) in [6, 6.07) is 6.12. The SMILES string of the molecule is CC1(C)CC1C(O)c1cc2cc(F)ccc2o1. The maximum atomic E-state index is 13.0. The number of aliphatic hydroxyl groups excluding tert-OH is 1. The second kappa shape index (κ2) is 3.33. The average Bonchev–Trinajstić information content (AvgIpc) is 2.73. The molecule has 90 valence electrons. The predicted molar refractivity (Wildman–Crippen MR) is 63.0 cm³/mol. The van der Waals surface area contributed by atoms with Gasteiger partial charge in [-0.3, -0.25) is 0 Å². The molecular weight excluding hydrogens is 219 g/mol. The van der Waals surface area contributed by atoms with E-state index < -0.39 is 6.10 Å². The van der Waals surface area contributed by atoms with Crippen molar-refractivity contribution < 1.29 is 13.9 Å². The monoisotopic (exact) mass is 234 g/mol. The zero-order valence-electron chi connectivity index (χ0n) is 9.90. The van der Waals surface area contributed by atoms with E-state index in [1.165, 1.54) is 12.1 Å². The summed E-state index contributed by atoms with van der Waals surface area (Å²) in [7, 11) is 0. The molecule has 3 rings (SSSR count). The van der Waals surface area contributed by atoms with Crippen LogP contribution >= 0.6 is 0 Å². The molecule has 1 aliphatic rings. The molecule has 2 unspecified atom stereocenters. The van der Waals surface area contributed by atoms with Crippen molar-refractivity contribution in [3.05, 3.63) is 35.8 Å². The number of rotatable bonds is 2. The van der Waals surface area contributed by atoms with Gasteiger partial charge >= 0.3 is 0 Å². The molecule has 0 saturated heterocycles. The molecule has 0 aliphatic heterocycles. The summed E-state index contributed by atoms with van der Waals surface area (Å²) >= 11 is 0. The maximum absolute atomic E-state index is 13.0. The van der Waals surface area contributed by atoms with E-state index in [0.717, 1.165) is 6.42 Å². The van der Waals surface area contributed by atoms with Crippen molar-refractivity contribution in [2.24, 2.45) is 11.3 Å². The predicted octanol–water partition coefficient (Wildman–Crippen LogP) is 3.65. The van der Waals surface area contributed by atoms with Gasteiger partial charge in [0.15, 0.2) is 0 Å². The van der Waals surface area contributed by atoms with Crippen LogP contribution in [0.25, 0.3) is 11.0 Å². The highest BCUT2D eigenvalue weighted by Gasteiger charge is 2.51. The minimum atomic E-state index is -0.583. The fourth-order valence-electron chi connectivity index (χ4n) is 2.43. The smallest absolute Gasteiger partial charge is 0.134 e. The van der Waals surface area contributed by atoms with Gasteiger partial charge in [0.05, 0.1) is 0 Å². The summed E-state index contributed by atoms with van der Waals surface area (Å²) in [6.07, 6.45) is 0.417. The van der Waals surface area contributed by atoms with Gasteiger partial charge in [-0.2, -0.15) is 0 Å². The minimum Gasteiger partial charge on any atom is -0.458 e. The fraction of sp³-hybridized carbons (Fsp3) is 0.429. The molecule has 2 aromatic rings. The van der Waals surface area contributed by atoms with Crippen molar-refractivity contribution in [2.45, 2.75) is 26.4 Å². The number of benzene rings is 1. The molecule has 1 heterocycles. The topological polar surface area (TPSA) is 33.4 Å². The van der Waals surface area contributed by atoms with Crippen molar-refractivity contribution in [1.82, 2.24) is 0 Å². The molecule has 1 aromatic carbocycles. The van der Waals surface area contributed by atoms with Crippen LogP contribution in [0.2, 0.25) is 0 Å². The van der Waals surface area contributed by atoms with Gasteiger partial charge in [-0.15, -0.1) is 0 Å². The van der Waals surface area contributed by atoms with Crippen molar-refractivity contribution in [2.75, 3.05) is 0 Å². The van der Waals surface area contributed by atoms with E-state index in [2.05, 4.69) is 13.8 Å². The Balaban J connectivity index is 1.96. The highest BCUT2D eigenvalue weighted by molar-refractivity contribution is 5.78. The number of halogens is 1. The van der Waals surface area contributed by atoms with Crippen molar-refractivity contribution in [3.8, 4) is 0 Å². The van der Waals surface area contributed by atoms with Gasteiger partial charge in [0, 0.05) is 5.39 Å². The van der Waals surface area contributed by atoms with Gasteiger partial charge in [-0.1, -0.05) is 13.8 Å². The molecule has 0 bridgehead atoms. The first kappa shape index (κ1) is 10.8. The Morgan fingerprint density at radius 3 is 2.76 bits per heavy atom. The van der Waals surface area contributed by atoms with E-state index in [1.54, 1.807) is 12.1 Å². The third kappa shape index (κ3) is 1.75. The lowest BCUT2D eigenvalue weighted by Crippen LogP contribution is -2.03. The van der Waals surface area contributed by atoms with Crippen LogP contribution in [0.5, 0.6) is 0 Å². The Morgan fingerprint density at radius 2 is 2.12 bits per heavy atom. The van der Waals surface area contributed by atoms with Crippen LogP contribution < -0.4 is 0 Å². The standard InChI is InChI=1S/C14H15FO2/c1-14(2)7-10(14)13(16)12-6-8-5-9(15)3-4-11(8)17-12/h3-6,10,13,16H,7H2,1-2H3. The first-order valence-corrected chi connectivity index (χ1v) is 5.84. The Hall–Kier alpha value is -1.35. The van der Waals surface area contributed by atoms with Crippen LogP contribution in [0.15, 0.2) is 28.7 Å². The molecule has 1 aromatic heterocycles. The lowest BCUT2D eigenvalue weighted by molar-refractivity contribution is 0.115.